The number of anilines is 1. The second kappa shape index (κ2) is 10.0. The Labute approximate surface area is 175 Å². The van der Waals surface area contributed by atoms with Gasteiger partial charge in [-0.15, -0.1) is 11.8 Å². The highest BCUT2D eigenvalue weighted by Gasteiger charge is 2.19. The minimum atomic E-state index is 0.151. The van der Waals surface area contributed by atoms with E-state index in [1.165, 1.54) is 10.5 Å². The van der Waals surface area contributed by atoms with Gasteiger partial charge in [-0.2, -0.15) is 0 Å². The zero-order chi connectivity index (χ0) is 19.9. The predicted octanol–water partition coefficient (Wildman–Crippen LogP) is 5.07. The van der Waals surface area contributed by atoms with E-state index in [0.717, 1.165) is 34.1 Å². The second-order valence-electron chi connectivity index (χ2n) is 7.08. The van der Waals surface area contributed by atoms with Crippen molar-refractivity contribution in [3.63, 3.8) is 0 Å². The van der Waals surface area contributed by atoms with Crippen LogP contribution in [0.25, 0.3) is 10.2 Å². The Bertz CT molecular complexity index is 909. The van der Waals surface area contributed by atoms with Gasteiger partial charge in [0.05, 0.1) is 10.2 Å². The summed E-state index contributed by atoms with van der Waals surface area (Å²) in [7, 11) is 4.12. The van der Waals surface area contributed by atoms with E-state index in [9.17, 15) is 4.79 Å². The van der Waals surface area contributed by atoms with Crippen LogP contribution in [-0.4, -0.2) is 48.7 Å². The molecule has 1 heterocycles. The number of nitrogens with zero attached hydrogens (tertiary/aromatic N) is 3. The maximum Gasteiger partial charge on any atom is 0.229 e. The molecule has 0 spiro atoms. The second-order valence-corrected chi connectivity index (χ2v) is 9.26. The number of hydrogen-bond acceptors (Lipinski definition) is 5. The average molecular weight is 414 g/mol. The van der Waals surface area contributed by atoms with Gasteiger partial charge in [0.25, 0.3) is 0 Å². The van der Waals surface area contributed by atoms with Crippen molar-refractivity contribution in [2.24, 2.45) is 0 Å². The molecule has 3 aromatic rings. The first-order valence-electron chi connectivity index (χ1n) is 9.53. The molecule has 0 aliphatic carbocycles. The molecule has 0 bridgehead atoms. The number of fused-ring (bicyclic) bond motifs is 1. The normalized spacial score (nSPS) is 11.3. The molecular weight excluding hydrogens is 386 g/mol. The summed E-state index contributed by atoms with van der Waals surface area (Å²) in [6, 6.07) is 16.5. The number of thioether (sulfide) groups is 1. The van der Waals surface area contributed by atoms with Crippen LogP contribution < -0.4 is 4.90 Å². The summed E-state index contributed by atoms with van der Waals surface area (Å²) in [5, 5.41) is 0.814. The van der Waals surface area contributed by atoms with Crippen LogP contribution in [0.1, 0.15) is 18.4 Å². The number of carbonyl (C=O) groups is 1. The lowest BCUT2D eigenvalue weighted by atomic mass is 10.2. The van der Waals surface area contributed by atoms with E-state index in [4.69, 9.17) is 4.98 Å². The summed E-state index contributed by atoms with van der Waals surface area (Å²) < 4.78 is 1.14. The maximum atomic E-state index is 13.0. The number of carbonyl (C=O) groups excluding carboxylic acids is 1. The first-order valence-corrected chi connectivity index (χ1v) is 11.3. The van der Waals surface area contributed by atoms with Crippen LogP contribution in [0.15, 0.2) is 53.4 Å². The van der Waals surface area contributed by atoms with Crippen molar-refractivity contribution >= 4 is 44.4 Å². The molecule has 0 N–H and O–H groups in total. The predicted molar refractivity (Wildman–Crippen MR) is 122 cm³/mol. The molecular formula is C22H27N3OS2. The summed E-state index contributed by atoms with van der Waals surface area (Å²) in [5.41, 5.74) is 2.18. The average Bonchev–Trinajstić information content (AvgIpc) is 3.08. The van der Waals surface area contributed by atoms with Crippen LogP contribution in [0.5, 0.6) is 0 Å². The van der Waals surface area contributed by atoms with Gasteiger partial charge < -0.3 is 4.90 Å². The Kier molecular flexibility index (Phi) is 7.48. The highest BCUT2D eigenvalue weighted by molar-refractivity contribution is 7.99. The van der Waals surface area contributed by atoms with Crippen molar-refractivity contribution < 1.29 is 4.79 Å². The largest absolute Gasteiger partial charge is 0.309 e. The van der Waals surface area contributed by atoms with Gasteiger partial charge in [0.2, 0.25) is 5.91 Å². The Hall–Kier alpha value is -1.89. The summed E-state index contributed by atoms with van der Waals surface area (Å²) in [5.74, 6) is 0.926. The Morgan fingerprint density at radius 1 is 1.11 bits per heavy atom. The summed E-state index contributed by atoms with van der Waals surface area (Å²) >= 11 is 3.33. The smallest absolute Gasteiger partial charge is 0.229 e. The minimum absolute atomic E-state index is 0.151. The number of aryl methyl sites for hydroxylation is 1. The fraction of sp³-hybridized carbons (Fsp3) is 0.364. The number of thiazole rings is 1. The van der Waals surface area contributed by atoms with Crippen LogP contribution in [0, 0.1) is 6.92 Å². The molecule has 148 valence electrons. The first-order chi connectivity index (χ1) is 13.5. The quantitative estimate of drug-likeness (QED) is 0.459. The zero-order valence-corrected chi connectivity index (χ0v) is 18.4. The fourth-order valence-electron chi connectivity index (χ4n) is 2.92. The van der Waals surface area contributed by atoms with Crippen LogP contribution in [0.4, 0.5) is 5.13 Å². The van der Waals surface area contributed by atoms with Gasteiger partial charge in [-0.3, -0.25) is 9.69 Å². The van der Waals surface area contributed by atoms with Crippen LogP contribution in [-0.2, 0) is 4.79 Å². The number of amides is 1. The molecule has 0 saturated carbocycles. The molecule has 6 heteroatoms. The Morgan fingerprint density at radius 2 is 1.89 bits per heavy atom. The highest BCUT2D eigenvalue weighted by atomic mass is 32.2. The molecule has 3 rings (SSSR count). The molecule has 4 nitrogen and oxygen atoms in total. The minimum Gasteiger partial charge on any atom is -0.309 e. The Morgan fingerprint density at radius 3 is 2.64 bits per heavy atom. The number of hydrogen-bond donors (Lipinski definition) is 0. The monoisotopic (exact) mass is 413 g/mol. The summed E-state index contributed by atoms with van der Waals surface area (Å²) in [4.78, 5) is 23.0. The van der Waals surface area contributed by atoms with Gasteiger partial charge in [0.1, 0.15) is 0 Å². The van der Waals surface area contributed by atoms with E-state index in [1.807, 2.05) is 29.2 Å². The molecule has 0 atom stereocenters. The molecule has 0 saturated heterocycles. The molecule has 0 aliphatic rings. The maximum absolute atomic E-state index is 13.0. The van der Waals surface area contributed by atoms with Gasteiger partial charge in [-0.05, 0) is 63.8 Å². The van der Waals surface area contributed by atoms with Gasteiger partial charge >= 0.3 is 0 Å². The van der Waals surface area contributed by atoms with E-state index >= 15 is 0 Å². The molecule has 2 aromatic carbocycles. The first kappa shape index (κ1) is 20.8. The topological polar surface area (TPSA) is 36.4 Å². The SMILES string of the molecule is Cc1ccc2nc(N(CCCN(C)C)C(=O)CCSc3ccccc3)sc2c1. The third-order valence-electron chi connectivity index (χ3n) is 4.38. The van der Waals surface area contributed by atoms with Crippen molar-refractivity contribution in [1.29, 1.82) is 0 Å². The Balaban J connectivity index is 1.70. The summed E-state index contributed by atoms with van der Waals surface area (Å²) in [6.07, 6.45) is 1.44. The highest BCUT2D eigenvalue weighted by Crippen LogP contribution is 2.30. The zero-order valence-electron chi connectivity index (χ0n) is 16.7. The standard InChI is InChI=1S/C22H27N3OS2/c1-17-10-11-19-20(16-17)28-22(23-19)25(14-7-13-24(2)3)21(26)12-15-27-18-8-5-4-6-9-18/h4-6,8-11,16H,7,12-15H2,1-3H3. The lowest BCUT2D eigenvalue weighted by Crippen LogP contribution is -2.33. The molecule has 28 heavy (non-hydrogen) atoms. The van der Waals surface area contributed by atoms with Crippen molar-refractivity contribution in [3.8, 4) is 0 Å². The third kappa shape index (κ3) is 5.80. The van der Waals surface area contributed by atoms with E-state index in [1.54, 1.807) is 23.1 Å². The lowest BCUT2D eigenvalue weighted by Gasteiger charge is -2.21. The van der Waals surface area contributed by atoms with Crippen molar-refractivity contribution in [3.05, 3.63) is 54.1 Å². The number of benzene rings is 2. The van der Waals surface area contributed by atoms with Gasteiger partial charge in [-0.1, -0.05) is 35.6 Å². The van der Waals surface area contributed by atoms with E-state index in [2.05, 4.69) is 50.2 Å². The van der Waals surface area contributed by atoms with Gasteiger partial charge in [0, 0.05) is 23.6 Å². The van der Waals surface area contributed by atoms with Gasteiger partial charge in [0.15, 0.2) is 5.13 Å². The molecule has 1 amide bonds. The fourth-order valence-corrected chi connectivity index (χ4v) is 4.88. The molecule has 0 radical (unpaired) electrons. The summed E-state index contributed by atoms with van der Waals surface area (Å²) in [6.45, 7) is 3.73. The van der Waals surface area contributed by atoms with E-state index in [0.29, 0.717) is 13.0 Å². The number of rotatable bonds is 9. The van der Waals surface area contributed by atoms with Gasteiger partial charge in [-0.25, -0.2) is 4.98 Å². The van der Waals surface area contributed by atoms with E-state index < -0.39 is 0 Å². The molecule has 1 aromatic heterocycles. The van der Waals surface area contributed by atoms with Crippen molar-refractivity contribution in [2.45, 2.75) is 24.7 Å². The molecule has 0 fully saturated rings. The third-order valence-corrected chi connectivity index (χ3v) is 6.43. The van der Waals surface area contributed by atoms with Crippen LogP contribution in [0.2, 0.25) is 0 Å². The molecule has 0 aliphatic heterocycles. The van der Waals surface area contributed by atoms with Crippen LogP contribution >= 0.6 is 23.1 Å². The number of aromatic nitrogens is 1. The lowest BCUT2D eigenvalue weighted by molar-refractivity contribution is -0.118. The molecule has 0 unspecified atom stereocenters. The van der Waals surface area contributed by atoms with Crippen molar-refractivity contribution in [2.75, 3.05) is 37.8 Å². The van der Waals surface area contributed by atoms with Crippen molar-refractivity contribution in [1.82, 2.24) is 9.88 Å². The van der Waals surface area contributed by atoms with E-state index in [-0.39, 0.29) is 5.91 Å². The van der Waals surface area contributed by atoms with Crippen LogP contribution in [0.3, 0.4) is 0 Å².